The van der Waals surface area contributed by atoms with Gasteiger partial charge in [-0.3, -0.25) is 4.79 Å². The molecule has 0 saturated carbocycles. The third kappa shape index (κ3) is 5.38. The second-order valence-corrected chi connectivity index (χ2v) is 6.51. The van der Waals surface area contributed by atoms with Crippen LogP contribution in [0.15, 0.2) is 57.7 Å². The van der Waals surface area contributed by atoms with Crippen molar-refractivity contribution < 1.29 is 23.4 Å². The van der Waals surface area contributed by atoms with Gasteiger partial charge in [0.05, 0.1) is 12.2 Å². The van der Waals surface area contributed by atoms with Gasteiger partial charge in [-0.2, -0.15) is 0 Å². The molecule has 6 heteroatoms. The van der Waals surface area contributed by atoms with Crippen molar-refractivity contribution in [2.75, 3.05) is 13.4 Å². The van der Waals surface area contributed by atoms with Gasteiger partial charge in [-0.15, -0.1) is 0 Å². The van der Waals surface area contributed by atoms with Crippen LogP contribution in [0.4, 0.5) is 0 Å². The lowest BCUT2D eigenvalue weighted by Crippen LogP contribution is -2.09. The molecule has 1 heterocycles. The van der Waals surface area contributed by atoms with Crippen molar-refractivity contribution in [3.8, 4) is 22.6 Å². The largest absolute Gasteiger partial charge is 0.494 e. The summed E-state index contributed by atoms with van der Waals surface area (Å²) in [5, 5.41) is 0.765. The van der Waals surface area contributed by atoms with Gasteiger partial charge in [0.1, 0.15) is 17.1 Å². The van der Waals surface area contributed by atoms with E-state index in [1.807, 2.05) is 24.3 Å². The molecule has 3 rings (SSSR count). The molecule has 0 aliphatic heterocycles. The number of rotatable bonds is 9. The fraction of sp³-hybridized carbons (Fsp3) is 0.304. The van der Waals surface area contributed by atoms with Crippen LogP contribution < -0.4 is 15.1 Å². The van der Waals surface area contributed by atoms with Crippen LogP contribution in [0, 0.1) is 0 Å². The molecule has 29 heavy (non-hydrogen) atoms. The Morgan fingerprint density at radius 1 is 0.966 bits per heavy atom. The van der Waals surface area contributed by atoms with Crippen molar-refractivity contribution in [2.45, 2.75) is 33.1 Å². The highest BCUT2D eigenvalue weighted by molar-refractivity contribution is 5.82. The van der Waals surface area contributed by atoms with Crippen molar-refractivity contribution in [2.24, 2.45) is 0 Å². The number of carbonyl (C=O) groups is 1. The normalized spacial score (nSPS) is 10.7. The van der Waals surface area contributed by atoms with Crippen LogP contribution in [0.1, 0.15) is 33.1 Å². The summed E-state index contributed by atoms with van der Waals surface area (Å²) in [7, 11) is 0. The molecule has 0 radical (unpaired) electrons. The maximum atomic E-state index is 12.5. The molecule has 0 bridgehead atoms. The van der Waals surface area contributed by atoms with Crippen LogP contribution in [0.5, 0.6) is 11.5 Å². The average Bonchev–Trinajstić information content (AvgIpc) is 2.74. The Hall–Kier alpha value is -3.28. The quantitative estimate of drug-likeness (QED) is 0.221. The summed E-state index contributed by atoms with van der Waals surface area (Å²) in [5.74, 6) is 0.882. The lowest BCUT2D eigenvalue weighted by Gasteiger charge is -2.08. The van der Waals surface area contributed by atoms with Crippen molar-refractivity contribution in [1.82, 2.24) is 0 Å². The predicted octanol–water partition coefficient (Wildman–Crippen LogP) is 4.93. The zero-order chi connectivity index (χ0) is 20.6. The van der Waals surface area contributed by atoms with Crippen LogP contribution in [0.25, 0.3) is 22.1 Å². The first-order valence-corrected chi connectivity index (χ1v) is 9.70. The van der Waals surface area contributed by atoms with E-state index in [-0.39, 0.29) is 19.2 Å². The van der Waals surface area contributed by atoms with Crippen molar-refractivity contribution >= 4 is 16.9 Å². The smallest absolute Gasteiger partial charge is 0.344 e. The third-order valence-electron chi connectivity index (χ3n) is 4.37. The van der Waals surface area contributed by atoms with Crippen molar-refractivity contribution in [3.63, 3.8) is 0 Å². The molecule has 3 aromatic rings. The molecule has 0 unspecified atom stereocenters. The molecule has 0 aliphatic rings. The van der Waals surface area contributed by atoms with Crippen LogP contribution in [-0.4, -0.2) is 19.4 Å². The topological polar surface area (TPSA) is 75.0 Å². The van der Waals surface area contributed by atoms with Gasteiger partial charge in [-0.25, -0.2) is 4.79 Å². The standard InChI is InChI=1S/C23H24O6/c1-3-5-12-26-18-9-6-16(7-10-18)20-13-17-8-11-19(14-21(17)29-23(20)25)27-15-28-22(24)4-2/h6-11,13-14H,3-5,12,15H2,1-2H3. The Labute approximate surface area is 169 Å². The molecular formula is C23H24O6. The first-order chi connectivity index (χ1) is 14.1. The number of carbonyl (C=O) groups excluding carboxylic acids is 1. The minimum absolute atomic E-state index is 0.187. The number of benzene rings is 2. The van der Waals surface area contributed by atoms with Gasteiger partial charge >= 0.3 is 11.6 Å². The highest BCUT2D eigenvalue weighted by Gasteiger charge is 2.09. The highest BCUT2D eigenvalue weighted by Crippen LogP contribution is 2.26. The van der Waals surface area contributed by atoms with Gasteiger partial charge < -0.3 is 18.6 Å². The summed E-state index contributed by atoms with van der Waals surface area (Å²) in [5.41, 5.74) is 1.20. The molecule has 152 valence electrons. The maximum absolute atomic E-state index is 12.5. The van der Waals surface area contributed by atoms with Gasteiger partial charge in [-0.05, 0) is 42.3 Å². The molecule has 6 nitrogen and oxygen atoms in total. The van der Waals surface area contributed by atoms with E-state index in [1.165, 1.54) is 0 Å². The van der Waals surface area contributed by atoms with E-state index in [4.69, 9.17) is 18.6 Å². The van der Waals surface area contributed by atoms with Crippen LogP contribution >= 0.6 is 0 Å². The zero-order valence-corrected chi connectivity index (χ0v) is 16.6. The van der Waals surface area contributed by atoms with E-state index in [0.29, 0.717) is 23.5 Å². The molecule has 0 amide bonds. The SMILES string of the molecule is CCCCOc1ccc(-c2cc3ccc(OCOC(=O)CC)cc3oc2=O)cc1. The fourth-order valence-electron chi connectivity index (χ4n) is 2.71. The van der Waals surface area contributed by atoms with E-state index in [9.17, 15) is 9.59 Å². The van der Waals surface area contributed by atoms with E-state index in [2.05, 4.69) is 6.92 Å². The van der Waals surface area contributed by atoms with E-state index < -0.39 is 5.63 Å². The van der Waals surface area contributed by atoms with E-state index in [0.717, 1.165) is 29.5 Å². The second kappa shape index (κ2) is 9.78. The van der Waals surface area contributed by atoms with Gasteiger partial charge in [0.15, 0.2) is 0 Å². The number of unbranched alkanes of at least 4 members (excludes halogenated alkanes) is 1. The summed E-state index contributed by atoms with van der Waals surface area (Å²) in [6, 6.07) is 14.3. The lowest BCUT2D eigenvalue weighted by molar-refractivity contribution is -0.149. The Balaban J connectivity index is 1.76. The molecule has 0 spiro atoms. The number of fused-ring (bicyclic) bond motifs is 1. The monoisotopic (exact) mass is 396 g/mol. The second-order valence-electron chi connectivity index (χ2n) is 6.51. The predicted molar refractivity (Wildman–Crippen MR) is 110 cm³/mol. The molecule has 2 aromatic carbocycles. The van der Waals surface area contributed by atoms with Gasteiger partial charge in [0.2, 0.25) is 6.79 Å². The van der Waals surface area contributed by atoms with Gasteiger partial charge in [0.25, 0.3) is 0 Å². The van der Waals surface area contributed by atoms with Crippen molar-refractivity contribution in [3.05, 3.63) is 59.0 Å². The summed E-state index contributed by atoms with van der Waals surface area (Å²) >= 11 is 0. The molecule has 0 N–H and O–H groups in total. The lowest BCUT2D eigenvalue weighted by atomic mass is 10.1. The summed E-state index contributed by atoms with van der Waals surface area (Å²) in [6.45, 7) is 4.31. The Morgan fingerprint density at radius 3 is 2.45 bits per heavy atom. The summed E-state index contributed by atoms with van der Waals surface area (Å²) < 4.78 is 21.4. The zero-order valence-electron chi connectivity index (χ0n) is 16.6. The summed E-state index contributed by atoms with van der Waals surface area (Å²) in [4.78, 5) is 23.6. The number of ether oxygens (including phenoxy) is 3. The molecule has 0 aliphatic carbocycles. The molecule has 0 fully saturated rings. The maximum Gasteiger partial charge on any atom is 0.344 e. The first-order valence-electron chi connectivity index (χ1n) is 9.70. The van der Waals surface area contributed by atoms with Crippen LogP contribution in [-0.2, 0) is 9.53 Å². The Bertz CT molecular complexity index is 1020. The third-order valence-corrected chi connectivity index (χ3v) is 4.37. The number of hydrogen-bond donors (Lipinski definition) is 0. The Kier molecular flexibility index (Phi) is 6.89. The van der Waals surface area contributed by atoms with Crippen molar-refractivity contribution in [1.29, 1.82) is 0 Å². The molecule has 0 atom stereocenters. The fourth-order valence-corrected chi connectivity index (χ4v) is 2.71. The van der Waals surface area contributed by atoms with Gasteiger partial charge in [0, 0.05) is 17.9 Å². The first kappa shape index (κ1) is 20.5. The minimum Gasteiger partial charge on any atom is -0.494 e. The molecule has 0 saturated heterocycles. The summed E-state index contributed by atoms with van der Waals surface area (Å²) in [6.07, 6.45) is 2.36. The minimum atomic E-state index is -0.438. The van der Waals surface area contributed by atoms with E-state index in [1.54, 1.807) is 31.2 Å². The van der Waals surface area contributed by atoms with E-state index >= 15 is 0 Å². The van der Waals surface area contributed by atoms with Gasteiger partial charge in [-0.1, -0.05) is 32.4 Å². The highest BCUT2D eigenvalue weighted by atomic mass is 16.7. The average molecular weight is 396 g/mol. The number of esters is 1. The van der Waals surface area contributed by atoms with Crippen LogP contribution in [0.2, 0.25) is 0 Å². The molecular weight excluding hydrogens is 372 g/mol. The van der Waals surface area contributed by atoms with Crippen LogP contribution in [0.3, 0.4) is 0 Å². The molecule has 1 aromatic heterocycles. The Morgan fingerprint density at radius 2 is 1.72 bits per heavy atom. The number of hydrogen-bond acceptors (Lipinski definition) is 6.